The summed E-state index contributed by atoms with van der Waals surface area (Å²) in [4.78, 5) is 4.23. The minimum Gasteiger partial charge on any atom is -0.326 e. The molecule has 4 aromatic rings. The van der Waals surface area contributed by atoms with Gasteiger partial charge in [0.15, 0.2) is 0 Å². The van der Waals surface area contributed by atoms with Crippen molar-refractivity contribution in [3.63, 3.8) is 0 Å². The highest BCUT2D eigenvalue weighted by molar-refractivity contribution is 9.10. The maximum atomic E-state index is 4.23. The molecule has 0 radical (unpaired) electrons. The van der Waals surface area contributed by atoms with Crippen molar-refractivity contribution in [2.45, 2.75) is 6.04 Å². The van der Waals surface area contributed by atoms with Crippen molar-refractivity contribution in [1.82, 2.24) is 9.55 Å². The van der Waals surface area contributed by atoms with Gasteiger partial charge in [-0.25, -0.2) is 4.98 Å². The Morgan fingerprint density at radius 3 is 1.92 bits per heavy atom. The highest BCUT2D eigenvalue weighted by Gasteiger charge is 2.16. The lowest BCUT2D eigenvalue weighted by Gasteiger charge is -2.20. The van der Waals surface area contributed by atoms with Gasteiger partial charge in [0.1, 0.15) is 0 Å². The van der Waals surface area contributed by atoms with E-state index in [0.717, 1.165) is 4.47 Å². The fourth-order valence-electron chi connectivity index (χ4n) is 3.09. The van der Waals surface area contributed by atoms with Gasteiger partial charge in [-0.05, 0) is 34.4 Å². The fraction of sp³-hybridized carbons (Fsp3) is 0.0455. The van der Waals surface area contributed by atoms with Crippen LogP contribution in [0.15, 0.2) is 102 Å². The number of rotatable bonds is 4. The molecule has 1 aromatic heterocycles. The smallest absolute Gasteiger partial charge is 0.0954 e. The van der Waals surface area contributed by atoms with Gasteiger partial charge in [-0.15, -0.1) is 0 Å². The number of imidazole rings is 1. The molecule has 0 aliphatic carbocycles. The lowest BCUT2D eigenvalue weighted by Crippen LogP contribution is -2.10. The quantitative estimate of drug-likeness (QED) is 0.422. The lowest BCUT2D eigenvalue weighted by atomic mass is 9.96. The summed E-state index contributed by atoms with van der Waals surface area (Å²) in [5.41, 5.74) is 4.93. The summed E-state index contributed by atoms with van der Waals surface area (Å²) >= 11 is 3.52. The molecular formula is C22H17BrN2. The second kappa shape index (κ2) is 7.08. The second-order valence-electron chi connectivity index (χ2n) is 5.95. The Labute approximate surface area is 155 Å². The molecular weight excluding hydrogens is 372 g/mol. The molecule has 1 heterocycles. The van der Waals surface area contributed by atoms with E-state index in [4.69, 9.17) is 0 Å². The third-order valence-electron chi connectivity index (χ3n) is 4.34. The number of hydrogen-bond acceptors (Lipinski definition) is 1. The van der Waals surface area contributed by atoms with Gasteiger partial charge in [-0.3, -0.25) is 0 Å². The van der Waals surface area contributed by atoms with Crippen LogP contribution in [0.4, 0.5) is 0 Å². The molecule has 0 spiro atoms. The summed E-state index contributed by atoms with van der Waals surface area (Å²) in [6, 6.07) is 27.8. The first-order valence-electron chi connectivity index (χ1n) is 8.19. The normalized spacial score (nSPS) is 12.0. The molecule has 0 saturated heterocycles. The Morgan fingerprint density at radius 1 is 0.720 bits per heavy atom. The summed E-state index contributed by atoms with van der Waals surface area (Å²) in [6.45, 7) is 0. The Hall–Kier alpha value is -2.65. The van der Waals surface area contributed by atoms with Crippen LogP contribution in [0.25, 0.3) is 11.1 Å². The predicted molar refractivity (Wildman–Crippen MR) is 105 cm³/mol. The van der Waals surface area contributed by atoms with Crippen molar-refractivity contribution in [3.05, 3.63) is 113 Å². The predicted octanol–water partition coefficient (Wildman–Crippen LogP) is 5.95. The van der Waals surface area contributed by atoms with Gasteiger partial charge in [0.25, 0.3) is 0 Å². The molecule has 2 nitrogen and oxygen atoms in total. The number of nitrogens with zero attached hydrogens (tertiary/aromatic N) is 2. The molecule has 0 bridgehead atoms. The van der Waals surface area contributed by atoms with E-state index >= 15 is 0 Å². The highest BCUT2D eigenvalue weighted by Crippen LogP contribution is 2.29. The largest absolute Gasteiger partial charge is 0.326 e. The molecule has 3 heteroatoms. The first-order valence-corrected chi connectivity index (χ1v) is 8.99. The number of aromatic nitrogens is 2. The highest BCUT2D eigenvalue weighted by atomic mass is 79.9. The minimum absolute atomic E-state index is 0.112. The first-order chi connectivity index (χ1) is 12.3. The van der Waals surface area contributed by atoms with Crippen molar-refractivity contribution in [1.29, 1.82) is 0 Å². The van der Waals surface area contributed by atoms with Gasteiger partial charge in [0.05, 0.1) is 12.4 Å². The lowest BCUT2D eigenvalue weighted by molar-refractivity contribution is 0.677. The second-order valence-corrected chi connectivity index (χ2v) is 6.87. The topological polar surface area (TPSA) is 17.8 Å². The molecule has 0 N–H and O–H groups in total. The summed E-state index contributed by atoms with van der Waals surface area (Å²) in [5, 5.41) is 0. The van der Waals surface area contributed by atoms with Gasteiger partial charge in [-0.2, -0.15) is 0 Å². The van der Waals surface area contributed by atoms with Crippen molar-refractivity contribution >= 4 is 15.9 Å². The number of halogens is 1. The van der Waals surface area contributed by atoms with Crippen LogP contribution in [0.2, 0.25) is 0 Å². The summed E-state index contributed by atoms with van der Waals surface area (Å²) in [6.07, 6.45) is 5.71. The zero-order valence-electron chi connectivity index (χ0n) is 13.6. The van der Waals surface area contributed by atoms with Crippen LogP contribution in [0.5, 0.6) is 0 Å². The molecule has 0 aliphatic heterocycles. The van der Waals surface area contributed by atoms with E-state index in [0.29, 0.717) is 0 Å². The summed E-state index contributed by atoms with van der Waals surface area (Å²) < 4.78 is 3.22. The summed E-state index contributed by atoms with van der Waals surface area (Å²) in [5.74, 6) is 0. The van der Waals surface area contributed by atoms with E-state index in [-0.39, 0.29) is 6.04 Å². The molecule has 1 atom stereocenters. The molecule has 4 rings (SSSR count). The van der Waals surface area contributed by atoms with Crippen LogP contribution in [0, 0.1) is 0 Å². The minimum atomic E-state index is 0.112. The van der Waals surface area contributed by atoms with Crippen molar-refractivity contribution in [3.8, 4) is 11.1 Å². The maximum absolute atomic E-state index is 4.23. The van der Waals surface area contributed by atoms with E-state index in [1.54, 1.807) is 0 Å². The molecule has 0 fully saturated rings. The molecule has 0 saturated carbocycles. The molecule has 0 aliphatic rings. The van der Waals surface area contributed by atoms with Gasteiger partial charge in [0, 0.05) is 16.9 Å². The Morgan fingerprint density at radius 2 is 1.32 bits per heavy atom. The zero-order chi connectivity index (χ0) is 17.1. The van der Waals surface area contributed by atoms with Crippen LogP contribution in [-0.4, -0.2) is 9.55 Å². The standard InChI is InChI=1S/C22H17BrN2/c23-21-12-10-20(11-13-21)22(25-15-14-24-16-25)19-8-6-18(7-9-19)17-4-2-1-3-5-17/h1-16,22H. The molecule has 3 aromatic carbocycles. The zero-order valence-corrected chi connectivity index (χ0v) is 15.2. The SMILES string of the molecule is Brc1ccc(C(c2ccc(-c3ccccc3)cc2)n2ccnc2)cc1. The molecule has 0 amide bonds. The molecule has 1 unspecified atom stereocenters. The first kappa shape index (κ1) is 15.9. The Balaban J connectivity index is 1.74. The monoisotopic (exact) mass is 388 g/mol. The van der Waals surface area contributed by atoms with E-state index in [1.807, 2.05) is 24.8 Å². The van der Waals surface area contributed by atoms with Gasteiger partial charge < -0.3 is 4.57 Å². The third-order valence-corrected chi connectivity index (χ3v) is 4.87. The third kappa shape index (κ3) is 3.42. The van der Waals surface area contributed by atoms with Gasteiger partial charge >= 0.3 is 0 Å². The molecule has 25 heavy (non-hydrogen) atoms. The molecule has 122 valence electrons. The van der Waals surface area contributed by atoms with E-state index < -0.39 is 0 Å². The number of hydrogen-bond donors (Lipinski definition) is 0. The van der Waals surface area contributed by atoms with Crippen molar-refractivity contribution < 1.29 is 0 Å². The Kier molecular flexibility index (Phi) is 4.49. The Bertz CT molecular complexity index is 928. The fourth-order valence-corrected chi connectivity index (χ4v) is 3.36. The van der Waals surface area contributed by atoms with Crippen molar-refractivity contribution in [2.24, 2.45) is 0 Å². The van der Waals surface area contributed by atoms with Crippen molar-refractivity contribution in [2.75, 3.05) is 0 Å². The van der Waals surface area contributed by atoms with E-state index in [9.17, 15) is 0 Å². The van der Waals surface area contributed by atoms with Crippen LogP contribution >= 0.6 is 15.9 Å². The van der Waals surface area contributed by atoms with Gasteiger partial charge in [0.2, 0.25) is 0 Å². The average molecular weight is 389 g/mol. The van der Waals surface area contributed by atoms with Crippen LogP contribution < -0.4 is 0 Å². The number of benzene rings is 3. The van der Waals surface area contributed by atoms with Crippen LogP contribution in [0.3, 0.4) is 0 Å². The summed E-state index contributed by atoms with van der Waals surface area (Å²) in [7, 11) is 0. The van der Waals surface area contributed by atoms with E-state index in [1.165, 1.54) is 22.3 Å². The maximum Gasteiger partial charge on any atom is 0.0954 e. The average Bonchev–Trinajstić information content (AvgIpc) is 3.19. The van der Waals surface area contributed by atoms with E-state index in [2.05, 4.69) is 98.3 Å². The van der Waals surface area contributed by atoms with Gasteiger partial charge in [-0.1, -0.05) is 82.7 Å². The van der Waals surface area contributed by atoms with Crippen LogP contribution in [0.1, 0.15) is 17.2 Å². The van der Waals surface area contributed by atoms with Crippen LogP contribution in [-0.2, 0) is 0 Å².